The second-order valence-electron chi connectivity index (χ2n) is 7.89. The average Bonchev–Trinajstić information content (AvgIpc) is 2.70. The molecule has 1 aromatic rings. The summed E-state index contributed by atoms with van der Waals surface area (Å²) >= 11 is 0. The smallest absolute Gasteiger partial charge is 0.410 e. The molecular formula is C22H29NO6. The third kappa shape index (κ3) is 7.25. The molecule has 1 aromatic carbocycles. The minimum Gasteiger partial charge on any atom is -0.466 e. The standard InChI is InChI=1S/C22H29NO6/c1-22(2,3)29-21(26)23-14-12-17(13-15-23)19(24)28-18(20(25)27-4)11-10-16-8-6-5-7-9-16/h5-11,17-18H,12-15H2,1-4H3/b11-10+/t18-/m1/s1. The molecule has 7 nitrogen and oxygen atoms in total. The molecule has 0 aromatic heterocycles. The van der Waals surface area contributed by atoms with Crippen LogP contribution in [0.5, 0.6) is 0 Å². The van der Waals surface area contributed by atoms with E-state index < -0.39 is 23.6 Å². The Hall–Kier alpha value is -2.83. The lowest BCUT2D eigenvalue weighted by molar-refractivity contribution is -0.166. The summed E-state index contributed by atoms with van der Waals surface area (Å²) in [4.78, 5) is 38.3. The normalized spacial score (nSPS) is 16.3. The molecule has 1 aliphatic heterocycles. The summed E-state index contributed by atoms with van der Waals surface area (Å²) in [5.41, 5.74) is 0.314. The highest BCUT2D eigenvalue weighted by Gasteiger charge is 2.32. The molecule has 158 valence electrons. The fourth-order valence-corrected chi connectivity index (χ4v) is 2.89. The van der Waals surface area contributed by atoms with Gasteiger partial charge in [-0.05, 0) is 45.3 Å². The Morgan fingerprint density at radius 1 is 1.10 bits per heavy atom. The van der Waals surface area contributed by atoms with Crippen LogP contribution in [0.2, 0.25) is 0 Å². The highest BCUT2D eigenvalue weighted by molar-refractivity contribution is 5.83. The molecule has 1 saturated heterocycles. The minimum atomic E-state index is -1.11. The van der Waals surface area contributed by atoms with E-state index in [-0.39, 0.29) is 12.0 Å². The second-order valence-corrected chi connectivity index (χ2v) is 7.89. The van der Waals surface area contributed by atoms with Crippen LogP contribution in [-0.2, 0) is 23.8 Å². The van der Waals surface area contributed by atoms with E-state index in [1.807, 2.05) is 51.1 Å². The molecule has 7 heteroatoms. The van der Waals surface area contributed by atoms with Crippen molar-refractivity contribution in [2.75, 3.05) is 20.2 Å². The van der Waals surface area contributed by atoms with Crippen molar-refractivity contribution in [3.8, 4) is 0 Å². The maximum absolute atomic E-state index is 12.5. The fourth-order valence-electron chi connectivity index (χ4n) is 2.89. The Labute approximate surface area is 171 Å². The van der Waals surface area contributed by atoms with Gasteiger partial charge in [-0.3, -0.25) is 4.79 Å². The quantitative estimate of drug-likeness (QED) is 0.553. The average molecular weight is 403 g/mol. The Bertz CT molecular complexity index is 729. The summed E-state index contributed by atoms with van der Waals surface area (Å²) in [7, 11) is 1.25. The molecule has 1 fully saturated rings. The largest absolute Gasteiger partial charge is 0.466 e. The van der Waals surface area contributed by atoms with Gasteiger partial charge in [-0.2, -0.15) is 0 Å². The number of rotatable bonds is 5. The van der Waals surface area contributed by atoms with Gasteiger partial charge in [0, 0.05) is 13.1 Å². The van der Waals surface area contributed by atoms with E-state index in [2.05, 4.69) is 0 Å². The van der Waals surface area contributed by atoms with Crippen LogP contribution in [0, 0.1) is 5.92 Å². The van der Waals surface area contributed by atoms with Crippen molar-refractivity contribution in [3.63, 3.8) is 0 Å². The first-order chi connectivity index (χ1) is 13.7. The van der Waals surface area contributed by atoms with Crippen molar-refractivity contribution in [1.29, 1.82) is 0 Å². The number of esters is 2. The summed E-state index contributed by atoms with van der Waals surface area (Å²) in [6.45, 7) is 6.23. The van der Waals surface area contributed by atoms with Crippen LogP contribution >= 0.6 is 0 Å². The lowest BCUT2D eigenvalue weighted by Crippen LogP contribution is -2.43. The Kier molecular flexibility index (Phi) is 7.82. The van der Waals surface area contributed by atoms with Gasteiger partial charge in [-0.25, -0.2) is 9.59 Å². The second kappa shape index (κ2) is 10.1. The van der Waals surface area contributed by atoms with E-state index >= 15 is 0 Å². The van der Waals surface area contributed by atoms with E-state index in [1.165, 1.54) is 13.2 Å². The summed E-state index contributed by atoms with van der Waals surface area (Å²) < 4.78 is 15.5. The zero-order valence-corrected chi connectivity index (χ0v) is 17.4. The fraction of sp³-hybridized carbons (Fsp3) is 0.500. The number of methoxy groups -OCH3 is 1. The molecule has 0 N–H and O–H groups in total. The summed E-state index contributed by atoms with van der Waals surface area (Å²) in [6, 6.07) is 9.38. The molecule has 0 bridgehead atoms. The molecule has 29 heavy (non-hydrogen) atoms. The van der Waals surface area contributed by atoms with Gasteiger partial charge >= 0.3 is 18.0 Å². The van der Waals surface area contributed by atoms with Crippen LogP contribution in [0.25, 0.3) is 6.08 Å². The molecule has 2 rings (SSSR count). The number of benzene rings is 1. The number of nitrogens with zero attached hydrogens (tertiary/aromatic N) is 1. The number of piperidine rings is 1. The zero-order valence-electron chi connectivity index (χ0n) is 17.4. The number of amides is 1. The van der Waals surface area contributed by atoms with Crippen molar-refractivity contribution in [1.82, 2.24) is 4.90 Å². The molecule has 1 aliphatic rings. The summed E-state index contributed by atoms with van der Waals surface area (Å²) in [5.74, 6) is -1.50. The van der Waals surface area contributed by atoms with E-state index in [9.17, 15) is 14.4 Å². The third-order valence-electron chi connectivity index (χ3n) is 4.42. The molecule has 0 aliphatic carbocycles. The predicted molar refractivity (Wildman–Crippen MR) is 108 cm³/mol. The number of hydrogen-bond donors (Lipinski definition) is 0. The first-order valence-corrected chi connectivity index (χ1v) is 9.69. The molecule has 0 unspecified atom stereocenters. The Morgan fingerprint density at radius 3 is 2.28 bits per heavy atom. The highest BCUT2D eigenvalue weighted by atomic mass is 16.6. The predicted octanol–water partition coefficient (Wildman–Crippen LogP) is 3.43. The number of carbonyl (C=O) groups excluding carboxylic acids is 3. The molecule has 0 radical (unpaired) electrons. The number of carbonyl (C=O) groups is 3. The minimum absolute atomic E-state index is 0.383. The van der Waals surface area contributed by atoms with Gasteiger partial charge < -0.3 is 19.1 Å². The number of ether oxygens (including phenoxy) is 3. The maximum Gasteiger partial charge on any atom is 0.410 e. The van der Waals surface area contributed by atoms with Gasteiger partial charge in [0.1, 0.15) is 5.60 Å². The van der Waals surface area contributed by atoms with Gasteiger partial charge in [-0.1, -0.05) is 36.4 Å². The molecule has 0 spiro atoms. The van der Waals surface area contributed by atoms with Crippen molar-refractivity contribution < 1.29 is 28.6 Å². The van der Waals surface area contributed by atoms with Crippen LogP contribution in [-0.4, -0.2) is 54.8 Å². The topological polar surface area (TPSA) is 82.1 Å². The van der Waals surface area contributed by atoms with E-state index in [0.717, 1.165) is 5.56 Å². The Morgan fingerprint density at radius 2 is 1.72 bits per heavy atom. The van der Waals surface area contributed by atoms with Gasteiger partial charge in [0.25, 0.3) is 0 Å². The van der Waals surface area contributed by atoms with E-state index in [0.29, 0.717) is 25.9 Å². The molecule has 1 amide bonds. The molecule has 1 heterocycles. The monoisotopic (exact) mass is 403 g/mol. The van der Waals surface area contributed by atoms with Gasteiger partial charge in [0.2, 0.25) is 6.10 Å². The number of hydrogen-bond acceptors (Lipinski definition) is 6. The van der Waals surface area contributed by atoms with Crippen molar-refractivity contribution in [2.45, 2.75) is 45.3 Å². The molecular weight excluding hydrogens is 374 g/mol. The van der Waals surface area contributed by atoms with Gasteiger partial charge in [-0.15, -0.1) is 0 Å². The lowest BCUT2D eigenvalue weighted by Gasteiger charge is -2.32. The van der Waals surface area contributed by atoms with Crippen LogP contribution in [0.15, 0.2) is 36.4 Å². The Balaban J connectivity index is 1.92. The van der Waals surface area contributed by atoms with Gasteiger partial charge in [0.05, 0.1) is 13.0 Å². The summed E-state index contributed by atoms with van der Waals surface area (Å²) in [6.07, 6.45) is 2.62. The SMILES string of the molecule is COC(=O)[C@@H](/C=C/c1ccccc1)OC(=O)C1CCN(C(=O)OC(C)(C)C)CC1. The third-order valence-corrected chi connectivity index (χ3v) is 4.42. The lowest BCUT2D eigenvalue weighted by atomic mass is 9.97. The first kappa shape index (κ1) is 22.5. The first-order valence-electron chi connectivity index (χ1n) is 9.69. The van der Waals surface area contributed by atoms with Crippen molar-refractivity contribution in [3.05, 3.63) is 42.0 Å². The highest BCUT2D eigenvalue weighted by Crippen LogP contribution is 2.22. The maximum atomic E-state index is 12.5. The van der Waals surface area contributed by atoms with Crippen LogP contribution in [0.4, 0.5) is 4.79 Å². The molecule has 0 saturated carbocycles. The van der Waals surface area contributed by atoms with Crippen LogP contribution in [0.3, 0.4) is 0 Å². The van der Waals surface area contributed by atoms with Crippen LogP contribution in [0.1, 0.15) is 39.2 Å². The van der Waals surface area contributed by atoms with Gasteiger partial charge in [0.15, 0.2) is 0 Å². The summed E-state index contributed by atoms with van der Waals surface area (Å²) in [5, 5.41) is 0. The van der Waals surface area contributed by atoms with E-state index in [1.54, 1.807) is 11.0 Å². The van der Waals surface area contributed by atoms with E-state index in [4.69, 9.17) is 14.2 Å². The van der Waals surface area contributed by atoms with Crippen molar-refractivity contribution in [2.24, 2.45) is 5.92 Å². The van der Waals surface area contributed by atoms with Crippen molar-refractivity contribution >= 4 is 24.1 Å². The van der Waals surface area contributed by atoms with Crippen LogP contribution < -0.4 is 0 Å². The number of likely N-dealkylation sites (tertiary alicyclic amines) is 1. The zero-order chi connectivity index (χ0) is 21.4. The molecule has 1 atom stereocenters.